The fourth-order valence-electron chi connectivity index (χ4n) is 1.85. The van der Waals surface area contributed by atoms with E-state index < -0.39 is 11.7 Å². The Hall–Kier alpha value is -1.32. The molecule has 0 aromatic heterocycles. The van der Waals surface area contributed by atoms with E-state index in [-0.39, 0.29) is 28.7 Å². The summed E-state index contributed by atoms with van der Waals surface area (Å²) in [6.07, 6.45) is 0.145. The molecule has 0 aliphatic rings. The van der Waals surface area contributed by atoms with E-state index in [1.807, 2.05) is 20.8 Å². The van der Waals surface area contributed by atoms with Crippen LogP contribution < -0.4 is 0 Å². The second-order valence-corrected chi connectivity index (χ2v) is 6.15. The molecular formula is C15H19F3O. The van der Waals surface area contributed by atoms with E-state index in [1.165, 1.54) is 0 Å². The van der Waals surface area contributed by atoms with E-state index in [2.05, 4.69) is 0 Å². The first-order valence-corrected chi connectivity index (χ1v) is 6.17. The lowest BCUT2D eigenvalue weighted by Crippen LogP contribution is -2.16. The molecule has 1 aromatic carbocycles. The van der Waals surface area contributed by atoms with Gasteiger partial charge < -0.3 is 0 Å². The van der Waals surface area contributed by atoms with Gasteiger partial charge in [-0.15, -0.1) is 0 Å². The molecule has 1 nitrogen and oxygen atoms in total. The summed E-state index contributed by atoms with van der Waals surface area (Å²) in [4.78, 5) is 11.8. The van der Waals surface area contributed by atoms with E-state index in [1.54, 1.807) is 0 Å². The molecule has 0 amide bonds. The zero-order valence-electron chi connectivity index (χ0n) is 11.7. The molecule has 0 saturated carbocycles. The number of carbonyl (C=O) groups is 1. The largest absolute Gasteiger partial charge is 0.299 e. The van der Waals surface area contributed by atoms with Gasteiger partial charge in [0.1, 0.15) is 11.6 Å². The Bertz CT molecular complexity index is 467. The van der Waals surface area contributed by atoms with Crippen LogP contribution in [0.2, 0.25) is 0 Å². The molecule has 19 heavy (non-hydrogen) atoms. The minimum Gasteiger partial charge on any atom is -0.299 e. The normalized spacial score (nSPS) is 12.6. The highest BCUT2D eigenvalue weighted by atomic mass is 19.3. The topological polar surface area (TPSA) is 17.1 Å². The average Bonchev–Trinajstić information content (AvgIpc) is 2.16. The van der Waals surface area contributed by atoms with E-state index >= 15 is 0 Å². The second-order valence-electron chi connectivity index (χ2n) is 6.15. The van der Waals surface area contributed by atoms with E-state index in [4.69, 9.17) is 0 Å². The summed E-state index contributed by atoms with van der Waals surface area (Å²) in [6.45, 7) is 6.45. The highest BCUT2D eigenvalue weighted by molar-refractivity contribution is 5.81. The first-order chi connectivity index (χ1) is 8.49. The van der Waals surface area contributed by atoms with Gasteiger partial charge in [-0.2, -0.15) is 0 Å². The molecule has 0 N–H and O–H groups in total. The molecule has 0 atom stereocenters. The van der Waals surface area contributed by atoms with Crippen LogP contribution in [0, 0.1) is 11.2 Å². The first kappa shape index (κ1) is 15.7. The van der Waals surface area contributed by atoms with Crippen LogP contribution in [-0.2, 0) is 17.1 Å². The van der Waals surface area contributed by atoms with Gasteiger partial charge in [0.2, 0.25) is 0 Å². The number of ketones is 1. The van der Waals surface area contributed by atoms with Crippen LogP contribution >= 0.6 is 0 Å². The summed E-state index contributed by atoms with van der Waals surface area (Å²) >= 11 is 0. The second kappa shape index (κ2) is 5.35. The van der Waals surface area contributed by atoms with Crippen molar-refractivity contribution in [3.63, 3.8) is 0 Å². The molecule has 1 rings (SSSR count). The van der Waals surface area contributed by atoms with Crippen molar-refractivity contribution in [2.75, 3.05) is 0 Å². The summed E-state index contributed by atoms with van der Waals surface area (Å²) in [6, 6.07) is 3.12. The predicted molar refractivity (Wildman–Crippen MR) is 68.8 cm³/mol. The Morgan fingerprint density at radius 1 is 1.16 bits per heavy atom. The van der Waals surface area contributed by atoms with Crippen molar-refractivity contribution in [1.29, 1.82) is 0 Å². The summed E-state index contributed by atoms with van der Waals surface area (Å²) in [5.41, 5.74) is -0.430. The van der Waals surface area contributed by atoms with Crippen molar-refractivity contribution < 1.29 is 18.0 Å². The number of hydrogen-bond donors (Lipinski definition) is 0. The lowest BCUT2D eigenvalue weighted by Gasteiger charge is -2.17. The Balaban J connectivity index is 2.92. The number of rotatable bonds is 4. The van der Waals surface area contributed by atoms with Crippen LogP contribution in [0.1, 0.15) is 45.2 Å². The van der Waals surface area contributed by atoms with Crippen molar-refractivity contribution in [3.05, 3.63) is 35.1 Å². The van der Waals surface area contributed by atoms with Gasteiger partial charge in [-0.05, 0) is 23.1 Å². The van der Waals surface area contributed by atoms with Gasteiger partial charge in [-0.1, -0.05) is 26.8 Å². The van der Waals surface area contributed by atoms with Crippen molar-refractivity contribution in [2.24, 2.45) is 5.41 Å². The van der Waals surface area contributed by atoms with Crippen molar-refractivity contribution >= 4 is 5.78 Å². The third-order valence-corrected chi connectivity index (χ3v) is 2.67. The number of benzene rings is 1. The Labute approximate surface area is 111 Å². The maximum atomic E-state index is 13.6. The lowest BCUT2D eigenvalue weighted by molar-refractivity contribution is -0.120. The van der Waals surface area contributed by atoms with Gasteiger partial charge in [0.25, 0.3) is 5.92 Å². The quantitative estimate of drug-likeness (QED) is 0.789. The molecule has 0 aliphatic heterocycles. The maximum absolute atomic E-state index is 13.6. The Morgan fingerprint density at radius 3 is 2.21 bits per heavy atom. The number of carbonyl (C=O) groups excluding carboxylic acids is 1. The fraction of sp³-hybridized carbons (Fsp3) is 0.533. The third-order valence-electron chi connectivity index (χ3n) is 2.67. The standard InChI is InChI=1S/C15H19F3O/c1-14(2,3)9-12(19)8-10-7-11(15(4,17)18)5-6-13(10)16/h5-7H,8-9H2,1-4H3. The van der Waals surface area contributed by atoms with E-state index in [0.717, 1.165) is 25.1 Å². The van der Waals surface area contributed by atoms with Gasteiger partial charge in [0, 0.05) is 25.3 Å². The number of halogens is 3. The first-order valence-electron chi connectivity index (χ1n) is 6.17. The molecule has 0 radical (unpaired) electrons. The highest BCUT2D eigenvalue weighted by Crippen LogP contribution is 2.29. The summed E-state index contributed by atoms with van der Waals surface area (Å²) in [5.74, 6) is -3.80. The Kier molecular flexibility index (Phi) is 4.43. The lowest BCUT2D eigenvalue weighted by atomic mass is 9.88. The molecule has 0 spiro atoms. The van der Waals surface area contributed by atoms with Gasteiger partial charge in [0.15, 0.2) is 0 Å². The zero-order valence-corrected chi connectivity index (χ0v) is 11.7. The molecule has 0 heterocycles. The van der Waals surface area contributed by atoms with E-state index in [0.29, 0.717) is 6.42 Å². The van der Waals surface area contributed by atoms with Crippen molar-refractivity contribution in [1.82, 2.24) is 0 Å². The smallest absolute Gasteiger partial charge is 0.270 e. The highest BCUT2D eigenvalue weighted by Gasteiger charge is 2.26. The Morgan fingerprint density at radius 2 is 1.74 bits per heavy atom. The molecule has 0 saturated heterocycles. The van der Waals surface area contributed by atoms with Crippen molar-refractivity contribution in [3.8, 4) is 0 Å². The fourth-order valence-corrected chi connectivity index (χ4v) is 1.85. The van der Waals surface area contributed by atoms with E-state index in [9.17, 15) is 18.0 Å². The molecular weight excluding hydrogens is 253 g/mol. The third kappa shape index (κ3) is 5.05. The van der Waals surface area contributed by atoms with Crippen LogP contribution in [-0.4, -0.2) is 5.78 Å². The summed E-state index contributed by atoms with van der Waals surface area (Å²) < 4.78 is 39.9. The molecule has 1 aromatic rings. The van der Waals surface area contributed by atoms with Crippen LogP contribution in [0.25, 0.3) is 0 Å². The van der Waals surface area contributed by atoms with Crippen LogP contribution in [0.4, 0.5) is 13.2 Å². The molecule has 4 heteroatoms. The van der Waals surface area contributed by atoms with Crippen LogP contribution in [0.15, 0.2) is 18.2 Å². The minimum absolute atomic E-state index is 0.0354. The number of alkyl halides is 2. The number of Topliss-reactive ketones (excluding diaryl/α,β-unsaturated/α-hetero) is 1. The van der Waals surface area contributed by atoms with Crippen LogP contribution in [0.3, 0.4) is 0 Å². The van der Waals surface area contributed by atoms with Gasteiger partial charge in [-0.25, -0.2) is 13.2 Å². The molecule has 0 fully saturated rings. The number of hydrogen-bond acceptors (Lipinski definition) is 1. The van der Waals surface area contributed by atoms with Gasteiger partial charge in [0.05, 0.1) is 0 Å². The van der Waals surface area contributed by atoms with Gasteiger partial charge in [-0.3, -0.25) is 4.79 Å². The minimum atomic E-state index is -3.03. The molecule has 0 aliphatic carbocycles. The summed E-state index contributed by atoms with van der Waals surface area (Å²) in [7, 11) is 0. The molecule has 0 bridgehead atoms. The SMILES string of the molecule is CC(C)(C)CC(=O)Cc1cc(C(C)(F)F)ccc1F. The average molecular weight is 272 g/mol. The molecule has 106 valence electrons. The maximum Gasteiger partial charge on any atom is 0.270 e. The summed E-state index contributed by atoms with van der Waals surface area (Å²) in [5, 5.41) is 0. The zero-order chi connectivity index (χ0) is 14.8. The van der Waals surface area contributed by atoms with Crippen LogP contribution in [0.5, 0.6) is 0 Å². The monoisotopic (exact) mass is 272 g/mol. The predicted octanol–water partition coefficient (Wildman–Crippen LogP) is 4.49. The molecule has 0 unspecified atom stereocenters. The van der Waals surface area contributed by atoms with Crippen molar-refractivity contribution in [2.45, 2.75) is 46.5 Å². The van der Waals surface area contributed by atoms with Gasteiger partial charge >= 0.3 is 0 Å².